The Morgan fingerprint density at radius 1 is 1.00 bits per heavy atom. The van der Waals surface area contributed by atoms with Crippen LogP contribution < -0.4 is 10.1 Å². The van der Waals surface area contributed by atoms with Crippen LogP contribution >= 0.6 is 21.6 Å². The number of ether oxygens (including phenoxy) is 2. The number of hydrogen-bond donors (Lipinski definition) is 7. The van der Waals surface area contributed by atoms with E-state index >= 15 is 4.79 Å². The van der Waals surface area contributed by atoms with Gasteiger partial charge in [-0.15, -0.1) is 0 Å². The molecule has 2 aromatic carbocycles. The average Bonchev–Trinajstić information content (AvgIpc) is 3.64. The Morgan fingerprint density at radius 2 is 1.82 bits per heavy atom. The van der Waals surface area contributed by atoms with Crippen molar-refractivity contribution >= 4 is 39.0 Å². The summed E-state index contributed by atoms with van der Waals surface area (Å²) in [5.41, 5.74) is -0.270. The van der Waals surface area contributed by atoms with E-state index in [0.29, 0.717) is 30.1 Å². The van der Waals surface area contributed by atoms with Crippen LogP contribution in [0.1, 0.15) is 75.1 Å². The molecule has 1 aromatic heterocycles. The van der Waals surface area contributed by atoms with Crippen LogP contribution in [0, 0.1) is 17.3 Å². The third kappa shape index (κ3) is 6.17. The highest BCUT2D eigenvalue weighted by molar-refractivity contribution is 8.76. The topological polar surface area (TPSA) is 199 Å². The van der Waals surface area contributed by atoms with E-state index in [1.165, 1.54) is 33.7 Å². The number of aliphatic hydroxyl groups is 6. The number of rotatable bonds is 4. The third-order valence-corrected chi connectivity index (χ3v) is 15.6. The zero-order valence-electron chi connectivity index (χ0n) is 31.2. The largest absolute Gasteiger partial charge is 0.511 e. The maximum atomic E-state index is 15.1. The summed E-state index contributed by atoms with van der Waals surface area (Å²) in [6.45, 7) is -0.826. The van der Waals surface area contributed by atoms with Crippen molar-refractivity contribution in [3.63, 3.8) is 0 Å². The number of nitrogens with zero attached hydrogens (tertiary/aromatic N) is 1. The van der Waals surface area contributed by atoms with Gasteiger partial charge in [0.15, 0.2) is 11.6 Å². The van der Waals surface area contributed by atoms with Gasteiger partial charge in [-0.05, 0) is 90.5 Å². The van der Waals surface area contributed by atoms with Gasteiger partial charge < -0.3 is 45.4 Å². The lowest BCUT2D eigenvalue weighted by atomic mass is 9.59. The van der Waals surface area contributed by atoms with Crippen LogP contribution in [-0.4, -0.2) is 95.6 Å². The van der Waals surface area contributed by atoms with Gasteiger partial charge in [-0.2, -0.15) is 0 Å². The molecule has 6 aliphatic rings. The molecule has 2 aliphatic heterocycles. The molecule has 1 saturated heterocycles. The van der Waals surface area contributed by atoms with Gasteiger partial charge in [0.05, 0.1) is 30.6 Å². The van der Waals surface area contributed by atoms with Crippen molar-refractivity contribution in [3.05, 3.63) is 112 Å². The van der Waals surface area contributed by atoms with E-state index in [1.54, 1.807) is 24.3 Å². The minimum Gasteiger partial charge on any atom is -0.511 e. The number of carbonyl (C=O) groups excluding carboxylic acids is 2. The number of aliphatic hydroxyl groups excluding tert-OH is 5. The normalized spacial score (nSPS) is 34.7. The smallest absolute Gasteiger partial charge is 0.229 e. The standard InChI is InChI=1S/C43H46N2O10S2/c46-18-24-5-1-4-23(12-24)13-25-14-30-36(49)28-7-2-8-31-35(28)38(51)42(30,33(48)15-25)21-56-57-22-45-34-16-29-26(17-44-34)9-10-27-6-3-11-41(27,29)20-43(53)37(50)32(19-47)55-40(54-31)39(43)52/h1-2,4-5,7-8,12,14-17,27,30,32,37,39-40,46-48,50,52-53H,3,6,9-11,13,18-22H2,(H,44,45)/t27-,30-,32-,37-,39+,40-,41-,42+,43+/m1/s1. The highest BCUT2D eigenvalue weighted by Gasteiger charge is 2.62. The molecule has 2 spiro atoms. The number of Topliss-reactive ketones (excluding diaryl/α,β-unsaturated/α-hetero) is 2. The molecule has 3 heterocycles. The van der Waals surface area contributed by atoms with Crippen LogP contribution in [0.4, 0.5) is 5.82 Å². The molecule has 300 valence electrons. The van der Waals surface area contributed by atoms with Crippen molar-refractivity contribution in [3.8, 4) is 5.75 Å². The number of pyridine rings is 1. The fourth-order valence-electron chi connectivity index (χ4n) is 10.5. The Kier molecular flexibility index (Phi) is 10.1. The van der Waals surface area contributed by atoms with E-state index in [4.69, 9.17) is 14.5 Å². The second-order valence-electron chi connectivity index (χ2n) is 16.4. The van der Waals surface area contributed by atoms with Crippen LogP contribution in [0.25, 0.3) is 0 Å². The van der Waals surface area contributed by atoms with Gasteiger partial charge in [0.1, 0.15) is 46.7 Å². The minimum atomic E-state index is -2.22. The maximum absolute atomic E-state index is 15.1. The molecule has 2 fully saturated rings. The Morgan fingerprint density at radius 3 is 2.65 bits per heavy atom. The fraction of sp³-hybridized carbons (Fsp3) is 0.465. The van der Waals surface area contributed by atoms with E-state index < -0.39 is 65.1 Å². The number of ketones is 2. The minimum absolute atomic E-state index is 0.0258. The molecule has 9 rings (SSSR count). The lowest BCUT2D eigenvalue weighted by molar-refractivity contribution is -0.319. The van der Waals surface area contributed by atoms with Gasteiger partial charge in [-0.25, -0.2) is 4.98 Å². The van der Waals surface area contributed by atoms with E-state index in [0.717, 1.165) is 47.9 Å². The second-order valence-corrected chi connectivity index (χ2v) is 18.8. The van der Waals surface area contributed by atoms with Gasteiger partial charge in [-0.1, -0.05) is 70.5 Å². The molecule has 14 heteroatoms. The third-order valence-electron chi connectivity index (χ3n) is 13.4. The summed E-state index contributed by atoms with van der Waals surface area (Å²) in [4.78, 5) is 34.5. The van der Waals surface area contributed by atoms with Gasteiger partial charge in [0.2, 0.25) is 6.29 Å². The number of nitrogens with one attached hydrogen (secondary N) is 1. The molecular formula is C43H46N2O10S2. The number of allylic oxidation sites excluding steroid dienone is 4. The van der Waals surface area contributed by atoms with Crippen molar-refractivity contribution < 1.29 is 49.7 Å². The summed E-state index contributed by atoms with van der Waals surface area (Å²) in [5.74, 6) is -1.19. The zero-order chi connectivity index (χ0) is 39.7. The fourth-order valence-corrected chi connectivity index (χ4v) is 12.8. The molecule has 4 aliphatic carbocycles. The van der Waals surface area contributed by atoms with Gasteiger partial charge in [0.25, 0.3) is 0 Å². The summed E-state index contributed by atoms with van der Waals surface area (Å²) in [6.07, 6.45) is 3.12. The van der Waals surface area contributed by atoms with Gasteiger partial charge in [-0.3, -0.25) is 9.59 Å². The van der Waals surface area contributed by atoms with E-state index in [1.807, 2.05) is 30.5 Å². The molecular weight excluding hydrogens is 769 g/mol. The summed E-state index contributed by atoms with van der Waals surface area (Å²) >= 11 is 0. The number of hydrogen-bond acceptors (Lipinski definition) is 14. The molecule has 0 radical (unpaired) electrons. The summed E-state index contributed by atoms with van der Waals surface area (Å²) in [5, 5.41) is 72.0. The van der Waals surface area contributed by atoms with Crippen molar-refractivity contribution in [2.75, 3.05) is 23.6 Å². The van der Waals surface area contributed by atoms with Crippen LogP contribution in [0.2, 0.25) is 0 Å². The average molecular weight is 815 g/mol. The van der Waals surface area contributed by atoms with Crippen LogP contribution in [0.3, 0.4) is 0 Å². The van der Waals surface area contributed by atoms with E-state index in [2.05, 4.69) is 5.32 Å². The first-order valence-corrected chi connectivity index (χ1v) is 22.0. The molecule has 1 saturated carbocycles. The summed E-state index contributed by atoms with van der Waals surface area (Å²) in [7, 11) is 2.78. The Bertz CT molecular complexity index is 2180. The Labute approximate surface area is 337 Å². The molecule has 0 amide bonds. The highest BCUT2D eigenvalue weighted by Crippen LogP contribution is 2.58. The predicted molar refractivity (Wildman–Crippen MR) is 214 cm³/mol. The molecule has 9 atom stereocenters. The van der Waals surface area contributed by atoms with Gasteiger partial charge in [0, 0.05) is 22.9 Å². The van der Waals surface area contributed by atoms with Crippen molar-refractivity contribution in [2.24, 2.45) is 17.3 Å². The highest BCUT2D eigenvalue weighted by atomic mass is 33.1. The Balaban J connectivity index is 1.15. The molecule has 12 nitrogen and oxygen atoms in total. The first-order valence-electron chi connectivity index (χ1n) is 19.5. The number of benzene rings is 2. The SMILES string of the molecule is O=C1c2cccc3c2C(=O)[C@]2(CSSCNc4cc5c(cn4)CC[C@H]4CCC[C@]54C[C@]4(O)[C@H](O)[C@@H](CO)O[C@@H](O3)[C@@H]4O)C(O)=CC(Cc3cccc(CO)c3)=C[C@H]12. The molecule has 57 heavy (non-hydrogen) atoms. The molecule has 0 unspecified atom stereocenters. The zero-order valence-corrected chi connectivity index (χ0v) is 32.8. The van der Waals surface area contributed by atoms with Crippen LogP contribution in [-0.2, 0) is 29.6 Å². The lowest BCUT2D eigenvalue weighted by Crippen LogP contribution is -2.70. The maximum Gasteiger partial charge on any atom is 0.229 e. The number of anilines is 1. The van der Waals surface area contributed by atoms with Crippen molar-refractivity contribution in [1.82, 2.24) is 4.98 Å². The van der Waals surface area contributed by atoms with Gasteiger partial charge >= 0.3 is 0 Å². The van der Waals surface area contributed by atoms with E-state index in [-0.39, 0.29) is 47.3 Å². The number of fused-ring (bicyclic) bond motifs is 3. The first kappa shape index (κ1) is 38.8. The van der Waals surface area contributed by atoms with Crippen molar-refractivity contribution in [1.29, 1.82) is 0 Å². The van der Waals surface area contributed by atoms with Crippen LogP contribution in [0.5, 0.6) is 5.75 Å². The van der Waals surface area contributed by atoms with E-state index in [9.17, 15) is 35.4 Å². The molecule has 7 N–H and O–H groups in total. The van der Waals surface area contributed by atoms with Crippen molar-refractivity contribution in [2.45, 2.75) is 87.2 Å². The number of carbonyl (C=O) groups is 2. The van der Waals surface area contributed by atoms with Crippen LogP contribution in [0.15, 0.2) is 78.2 Å². The quantitative estimate of drug-likeness (QED) is 0.181. The molecule has 6 bridgehead atoms. The summed E-state index contributed by atoms with van der Waals surface area (Å²) in [6, 6.07) is 14.0. The number of aryl methyl sites for hydroxylation is 1. The predicted octanol–water partition coefficient (Wildman–Crippen LogP) is 4.57. The second kappa shape index (κ2) is 14.8. The number of aromatic nitrogens is 1. The summed E-state index contributed by atoms with van der Waals surface area (Å²) < 4.78 is 12.3. The Hall–Kier alpha value is -3.73. The lowest BCUT2D eigenvalue weighted by Gasteiger charge is -2.53. The monoisotopic (exact) mass is 814 g/mol. The first-order chi connectivity index (χ1) is 27.5. The molecule has 3 aromatic rings.